The number of rotatable bonds is 2. The Hall–Kier alpha value is -0.770. The van der Waals surface area contributed by atoms with Crippen LogP contribution >= 0.6 is 0 Å². The maximum absolute atomic E-state index is 11.1. The summed E-state index contributed by atoms with van der Waals surface area (Å²) in [5.41, 5.74) is 0. The summed E-state index contributed by atoms with van der Waals surface area (Å²) in [6.45, 7) is 2.23. The summed E-state index contributed by atoms with van der Waals surface area (Å²) < 4.78 is 0. The average molecular weight is 164 g/mol. The van der Waals surface area contributed by atoms with E-state index in [4.69, 9.17) is 6.42 Å². The van der Waals surface area contributed by atoms with Gasteiger partial charge in [-0.1, -0.05) is 6.92 Å². The molecule has 0 aromatic heterocycles. The molecule has 1 aliphatic rings. The van der Waals surface area contributed by atoms with Crippen molar-refractivity contribution in [3.63, 3.8) is 0 Å². The zero-order chi connectivity index (χ0) is 8.97. The predicted molar refractivity (Wildman–Crippen MR) is 49.6 cm³/mol. The summed E-state index contributed by atoms with van der Waals surface area (Å²) in [6.07, 6.45) is 9.66. The molecule has 1 aliphatic carbocycles. The van der Waals surface area contributed by atoms with Crippen molar-refractivity contribution in [2.45, 2.75) is 39.0 Å². The van der Waals surface area contributed by atoms with E-state index >= 15 is 0 Å². The number of terminal acetylenes is 1. The van der Waals surface area contributed by atoms with Crippen molar-refractivity contribution >= 4 is 5.78 Å². The first-order valence-corrected chi connectivity index (χ1v) is 4.69. The number of Topliss-reactive ketones (excluding diaryl/α,β-unsaturated/α-hetero) is 1. The normalized spacial score (nSPS) is 29.8. The molecule has 0 aliphatic heterocycles. The highest BCUT2D eigenvalue weighted by molar-refractivity contribution is 5.79. The highest BCUT2D eigenvalue weighted by Crippen LogP contribution is 2.30. The van der Waals surface area contributed by atoms with Crippen molar-refractivity contribution in [3.05, 3.63) is 0 Å². The molecule has 1 nitrogen and oxygen atoms in total. The Morgan fingerprint density at radius 1 is 1.67 bits per heavy atom. The minimum Gasteiger partial charge on any atom is -0.300 e. The molecule has 0 saturated heterocycles. The zero-order valence-corrected chi connectivity index (χ0v) is 7.68. The highest BCUT2D eigenvalue weighted by atomic mass is 16.1. The number of carbonyl (C=O) groups excluding carboxylic acids is 1. The zero-order valence-electron chi connectivity index (χ0n) is 7.68. The molecule has 66 valence electrons. The molecule has 0 amide bonds. The number of hydrogen-bond acceptors (Lipinski definition) is 1. The third-order valence-corrected chi connectivity index (χ3v) is 2.83. The van der Waals surface area contributed by atoms with Crippen LogP contribution in [-0.4, -0.2) is 5.78 Å². The van der Waals surface area contributed by atoms with E-state index in [0.29, 0.717) is 17.6 Å². The van der Waals surface area contributed by atoms with Gasteiger partial charge in [-0.05, 0) is 24.7 Å². The molecule has 0 spiro atoms. The first kappa shape index (κ1) is 9.32. The van der Waals surface area contributed by atoms with Crippen molar-refractivity contribution in [1.29, 1.82) is 0 Å². The van der Waals surface area contributed by atoms with Gasteiger partial charge in [0.1, 0.15) is 5.78 Å². The van der Waals surface area contributed by atoms with Gasteiger partial charge >= 0.3 is 0 Å². The molecule has 0 aromatic rings. The van der Waals surface area contributed by atoms with E-state index < -0.39 is 0 Å². The van der Waals surface area contributed by atoms with Gasteiger partial charge in [-0.3, -0.25) is 4.79 Å². The number of carbonyl (C=O) groups is 1. The molecule has 1 saturated carbocycles. The minimum absolute atomic E-state index is 0.426. The van der Waals surface area contributed by atoms with Gasteiger partial charge in [0.05, 0.1) is 0 Å². The molecular weight excluding hydrogens is 148 g/mol. The Balaban J connectivity index is 2.39. The molecule has 0 radical (unpaired) electrons. The summed E-state index contributed by atoms with van der Waals surface area (Å²) in [5, 5.41) is 0. The SMILES string of the molecule is C#CCCC1CC(=O)CCC1C. The average Bonchev–Trinajstić information content (AvgIpc) is 2.07. The van der Waals surface area contributed by atoms with Crippen LogP contribution in [0.1, 0.15) is 39.0 Å². The number of ketones is 1. The number of hydrogen-bond donors (Lipinski definition) is 0. The molecule has 0 bridgehead atoms. The van der Waals surface area contributed by atoms with Crippen molar-refractivity contribution in [1.82, 2.24) is 0 Å². The lowest BCUT2D eigenvalue weighted by molar-refractivity contribution is -0.122. The van der Waals surface area contributed by atoms with E-state index in [2.05, 4.69) is 12.8 Å². The maximum Gasteiger partial charge on any atom is 0.133 e. The van der Waals surface area contributed by atoms with Gasteiger partial charge in [0.25, 0.3) is 0 Å². The summed E-state index contributed by atoms with van der Waals surface area (Å²) in [6, 6.07) is 0. The smallest absolute Gasteiger partial charge is 0.133 e. The van der Waals surface area contributed by atoms with Crippen LogP contribution in [0, 0.1) is 24.2 Å². The lowest BCUT2D eigenvalue weighted by Gasteiger charge is -2.27. The van der Waals surface area contributed by atoms with Gasteiger partial charge in [0.2, 0.25) is 0 Å². The van der Waals surface area contributed by atoms with Crippen LogP contribution in [0.5, 0.6) is 0 Å². The fourth-order valence-electron chi connectivity index (χ4n) is 1.88. The van der Waals surface area contributed by atoms with Crippen molar-refractivity contribution < 1.29 is 4.79 Å². The van der Waals surface area contributed by atoms with Gasteiger partial charge in [-0.2, -0.15) is 0 Å². The van der Waals surface area contributed by atoms with Crippen LogP contribution in [-0.2, 0) is 4.79 Å². The third kappa shape index (κ3) is 2.37. The first-order chi connectivity index (χ1) is 5.74. The lowest BCUT2D eigenvalue weighted by atomic mass is 9.77. The summed E-state index contributed by atoms with van der Waals surface area (Å²) >= 11 is 0. The Bertz CT molecular complexity index is 200. The van der Waals surface area contributed by atoms with Gasteiger partial charge in [-0.15, -0.1) is 12.3 Å². The molecule has 1 heteroatoms. The molecule has 1 rings (SSSR count). The van der Waals surface area contributed by atoms with Gasteiger partial charge in [0, 0.05) is 19.3 Å². The fourth-order valence-corrected chi connectivity index (χ4v) is 1.88. The van der Waals surface area contributed by atoms with Crippen LogP contribution < -0.4 is 0 Å². The van der Waals surface area contributed by atoms with E-state index in [1.54, 1.807) is 0 Å². The molecule has 1 fully saturated rings. The monoisotopic (exact) mass is 164 g/mol. The second kappa shape index (κ2) is 4.30. The molecule has 0 aromatic carbocycles. The predicted octanol–water partition coefficient (Wildman–Crippen LogP) is 2.41. The Kier molecular flexibility index (Phi) is 3.34. The van der Waals surface area contributed by atoms with Crippen molar-refractivity contribution in [2.24, 2.45) is 11.8 Å². The molecule has 0 heterocycles. The first-order valence-electron chi connectivity index (χ1n) is 4.69. The van der Waals surface area contributed by atoms with Crippen molar-refractivity contribution in [2.75, 3.05) is 0 Å². The lowest BCUT2D eigenvalue weighted by Crippen LogP contribution is -2.22. The van der Waals surface area contributed by atoms with E-state index in [0.717, 1.165) is 32.1 Å². The minimum atomic E-state index is 0.426. The summed E-state index contributed by atoms with van der Waals surface area (Å²) in [7, 11) is 0. The largest absolute Gasteiger partial charge is 0.300 e. The van der Waals surface area contributed by atoms with Gasteiger partial charge in [-0.25, -0.2) is 0 Å². The second-order valence-corrected chi connectivity index (χ2v) is 3.76. The fraction of sp³-hybridized carbons (Fsp3) is 0.727. The highest BCUT2D eigenvalue weighted by Gasteiger charge is 2.25. The van der Waals surface area contributed by atoms with Crippen molar-refractivity contribution in [3.8, 4) is 12.3 Å². The standard InChI is InChI=1S/C11H16O/c1-3-4-5-10-8-11(12)7-6-9(10)2/h1,9-10H,4-8H2,2H3. The van der Waals surface area contributed by atoms with Crippen LogP contribution in [0.4, 0.5) is 0 Å². The maximum atomic E-state index is 11.1. The molecular formula is C11H16O. The van der Waals surface area contributed by atoms with Crippen LogP contribution in [0.25, 0.3) is 0 Å². The van der Waals surface area contributed by atoms with Gasteiger partial charge in [0.15, 0.2) is 0 Å². The Morgan fingerprint density at radius 3 is 3.08 bits per heavy atom. The van der Waals surface area contributed by atoms with Crippen LogP contribution in [0.2, 0.25) is 0 Å². The molecule has 0 N–H and O–H groups in total. The summed E-state index contributed by atoms with van der Waals surface area (Å²) in [4.78, 5) is 11.1. The second-order valence-electron chi connectivity index (χ2n) is 3.76. The van der Waals surface area contributed by atoms with E-state index in [9.17, 15) is 4.79 Å². The van der Waals surface area contributed by atoms with Gasteiger partial charge < -0.3 is 0 Å². The summed E-state index contributed by atoms with van der Waals surface area (Å²) in [5.74, 6) is 4.31. The quantitative estimate of drug-likeness (QED) is 0.573. The van der Waals surface area contributed by atoms with Crippen LogP contribution in [0.3, 0.4) is 0 Å². The molecule has 2 unspecified atom stereocenters. The molecule has 12 heavy (non-hydrogen) atoms. The van der Waals surface area contributed by atoms with E-state index in [-0.39, 0.29) is 0 Å². The Labute approximate surface area is 74.5 Å². The van der Waals surface area contributed by atoms with Crippen LogP contribution in [0.15, 0.2) is 0 Å². The third-order valence-electron chi connectivity index (χ3n) is 2.83. The molecule has 2 atom stereocenters. The topological polar surface area (TPSA) is 17.1 Å². The van der Waals surface area contributed by atoms with E-state index in [1.165, 1.54) is 0 Å². The Morgan fingerprint density at radius 2 is 2.42 bits per heavy atom. The van der Waals surface area contributed by atoms with E-state index in [1.807, 2.05) is 0 Å².